The summed E-state index contributed by atoms with van der Waals surface area (Å²) in [5, 5.41) is 0.0971. The van der Waals surface area contributed by atoms with Crippen molar-refractivity contribution in [1.82, 2.24) is 9.21 Å². The van der Waals surface area contributed by atoms with Crippen LogP contribution in [0.3, 0.4) is 0 Å². The van der Waals surface area contributed by atoms with E-state index in [1.165, 1.54) is 16.4 Å². The Balaban J connectivity index is 1.87. The summed E-state index contributed by atoms with van der Waals surface area (Å²) in [6.45, 7) is 6.57. The number of aryl methyl sites for hydroxylation is 1. The monoisotopic (exact) mass is 450 g/mol. The quantitative estimate of drug-likeness (QED) is 0.696. The average Bonchev–Trinajstić information content (AvgIpc) is 2.68. The SMILES string of the molecule is Cc1ccccc1CN(C)C(=O)c1ccc(Cl)c(S(=O)(=O)N2CC(C)OC(C)C2)c1. The van der Waals surface area contributed by atoms with E-state index in [1.54, 1.807) is 18.0 Å². The highest BCUT2D eigenvalue weighted by Crippen LogP contribution is 2.28. The van der Waals surface area contributed by atoms with Crippen molar-refractivity contribution in [3.05, 3.63) is 64.2 Å². The van der Waals surface area contributed by atoms with Crippen molar-refractivity contribution in [2.45, 2.75) is 44.4 Å². The highest BCUT2D eigenvalue weighted by atomic mass is 35.5. The fraction of sp³-hybridized carbons (Fsp3) is 0.409. The van der Waals surface area contributed by atoms with Crippen LogP contribution in [-0.2, 0) is 21.3 Å². The van der Waals surface area contributed by atoms with Gasteiger partial charge in [0.25, 0.3) is 5.91 Å². The van der Waals surface area contributed by atoms with Gasteiger partial charge in [-0.2, -0.15) is 4.31 Å². The lowest BCUT2D eigenvalue weighted by Gasteiger charge is -2.34. The molecule has 0 spiro atoms. The summed E-state index contributed by atoms with van der Waals surface area (Å²) in [4.78, 5) is 14.5. The van der Waals surface area contributed by atoms with Crippen LogP contribution in [0.15, 0.2) is 47.4 Å². The van der Waals surface area contributed by atoms with Gasteiger partial charge >= 0.3 is 0 Å². The molecule has 0 bridgehead atoms. The molecule has 1 amide bonds. The summed E-state index contributed by atoms with van der Waals surface area (Å²) in [6, 6.07) is 12.2. The average molecular weight is 451 g/mol. The molecule has 0 N–H and O–H groups in total. The molecule has 6 nitrogen and oxygen atoms in total. The van der Waals surface area contributed by atoms with Gasteiger partial charge in [0, 0.05) is 32.2 Å². The van der Waals surface area contributed by atoms with Crippen LogP contribution in [0, 0.1) is 6.92 Å². The van der Waals surface area contributed by atoms with E-state index in [1.807, 2.05) is 45.0 Å². The molecular formula is C22H27ClN2O4S. The molecule has 0 radical (unpaired) electrons. The fourth-order valence-electron chi connectivity index (χ4n) is 3.64. The van der Waals surface area contributed by atoms with Crippen molar-refractivity contribution in [2.24, 2.45) is 0 Å². The Hall–Kier alpha value is -1.93. The van der Waals surface area contributed by atoms with Gasteiger partial charge in [-0.1, -0.05) is 35.9 Å². The number of morpholine rings is 1. The van der Waals surface area contributed by atoms with Gasteiger partial charge in [0.05, 0.1) is 17.2 Å². The lowest BCUT2D eigenvalue weighted by Crippen LogP contribution is -2.48. The maximum absolute atomic E-state index is 13.2. The Bertz CT molecular complexity index is 1030. The van der Waals surface area contributed by atoms with Crippen LogP contribution in [0.2, 0.25) is 5.02 Å². The van der Waals surface area contributed by atoms with E-state index in [9.17, 15) is 13.2 Å². The predicted octanol–water partition coefficient (Wildman–Crippen LogP) is 3.72. The summed E-state index contributed by atoms with van der Waals surface area (Å²) in [5.74, 6) is -0.268. The maximum Gasteiger partial charge on any atom is 0.253 e. The maximum atomic E-state index is 13.2. The molecule has 3 rings (SSSR count). The minimum atomic E-state index is -3.86. The van der Waals surface area contributed by atoms with Crippen molar-refractivity contribution in [1.29, 1.82) is 0 Å². The normalized spacial score (nSPS) is 20.2. The molecule has 1 heterocycles. The second-order valence-corrected chi connectivity index (χ2v) is 10.1. The van der Waals surface area contributed by atoms with Gasteiger partial charge in [-0.15, -0.1) is 0 Å². The predicted molar refractivity (Wildman–Crippen MR) is 117 cm³/mol. The summed E-state index contributed by atoms with van der Waals surface area (Å²) in [6.07, 6.45) is -0.431. The number of hydrogen-bond acceptors (Lipinski definition) is 4. The Morgan fingerprint density at radius 1 is 1.17 bits per heavy atom. The summed E-state index contributed by atoms with van der Waals surface area (Å²) >= 11 is 6.25. The smallest absolute Gasteiger partial charge is 0.253 e. The van der Waals surface area contributed by atoms with Crippen molar-refractivity contribution in [2.75, 3.05) is 20.1 Å². The van der Waals surface area contributed by atoms with Gasteiger partial charge in [-0.05, 0) is 50.1 Å². The molecule has 0 aliphatic carbocycles. The van der Waals surface area contributed by atoms with E-state index < -0.39 is 10.0 Å². The van der Waals surface area contributed by atoms with Gasteiger partial charge in [0.15, 0.2) is 0 Å². The number of nitrogens with zero attached hydrogens (tertiary/aromatic N) is 2. The van der Waals surface area contributed by atoms with E-state index in [0.717, 1.165) is 11.1 Å². The molecule has 1 saturated heterocycles. The third-order valence-corrected chi connectivity index (χ3v) is 7.51. The number of halogens is 1. The highest BCUT2D eigenvalue weighted by molar-refractivity contribution is 7.89. The van der Waals surface area contributed by atoms with Crippen LogP contribution in [0.4, 0.5) is 0 Å². The first kappa shape index (κ1) is 22.7. The Labute approximate surface area is 183 Å². The van der Waals surface area contributed by atoms with E-state index >= 15 is 0 Å². The Morgan fingerprint density at radius 2 is 1.80 bits per heavy atom. The lowest BCUT2D eigenvalue weighted by atomic mass is 10.1. The van der Waals surface area contributed by atoms with Crippen molar-refractivity contribution >= 4 is 27.5 Å². The van der Waals surface area contributed by atoms with E-state index in [-0.39, 0.29) is 46.7 Å². The number of ether oxygens (including phenoxy) is 1. The number of hydrogen-bond donors (Lipinski definition) is 0. The van der Waals surface area contributed by atoms with E-state index in [2.05, 4.69) is 0 Å². The Kier molecular flexibility index (Phi) is 6.87. The van der Waals surface area contributed by atoms with Crippen LogP contribution in [-0.4, -0.2) is 55.9 Å². The van der Waals surface area contributed by atoms with Crippen molar-refractivity contribution in [3.8, 4) is 0 Å². The molecule has 1 fully saturated rings. The summed E-state index contributed by atoms with van der Waals surface area (Å²) in [5.41, 5.74) is 2.40. The second-order valence-electron chi connectivity index (χ2n) is 7.81. The standard InChI is InChI=1S/C22H27ClN2O4S/c1-15-7-5-6-8-19(15)14-24(4)22(26)18-9-10-20(23)21(11-18)30(27,28)25-12-16(2)29-17(3)13-25/h5-11,16-17H,12-14H2,1-4H3. The van der Waals surface area contributed by atoms with Crippen LogP contribution in [0.5, 0.6) is 0 Å². The molecule has 2 atom stereocenters. The number of rotatable bonds is 5. The fourth-order valence-corrected chi connectivity index (χ4v) is 5.73. The first-order valence-electron chi connectivity index (χ1n) is 9.84. The van der Waals surface area contributed by atoms with Crippen LogP contribution >= 0.6 is 11.6 Å². The van der Waals surface area contributed by atoms with E-state index in [4.69, 9.17) is 16.3 Å². The summed E-state index contributed by atoms with van der Waals surface area (Å²) < 4.78 is 33.5. The van der Waals surface area contributed by atoms with Crippen molar-refractivity contribution < 1.29 is 17.9 Å². The third kappa shape index (κ3) is 4.86. The second kappa shape index (κ2) is 9.06. The summed E-state index contributed by atoms with van der Waals surface area (Å²) in [7, 11) is -2.16. The zero-order chi connectivity index (χ0) is 22.1. The van der Waals surface area contributed by atoms with Crippen molar-refractivity contribution in [3.63, 3.8) is 0 Å². The largest absolute Gasteiger partial charge is 0.373 e. The van der Waals surface area contributed by atoms with Crippen LogP contribution in [0.25, 0.3) is 0 Å². The molecule has 2 aromatic rings. The van der Waals surface area contributed by atoms with Gasteiger partial charge < -0.3 is 9.64 Å². The molecule has 0 aromatic heterocycles. The minimum Gasteiger partial charge on any atom is -0.373 e. The van der Waals surface area contributed by atoms with Crippen LogP contribution < -0.4 is 0 Å². The molecule has 0 saturated carbocycles. The first-order chi connectivity index (χ1) is 14.1. The van der Waals surface area contributed by atoms with Gasteiger partial charge in [-0.3, -0.25) is 4.79 Å². The van der Waals surface area contributed by atoms with E-state index in [0.29, 0.717) is 6.54 Å². The zero-order valence-electron chi connectivity index (χ0n) is 17.6. The molecule has 1 aliphatic rings. The molecule has 2 aromatic carbocycles. The number of carbonyl (C=O) groups excluding carboxylic acids is 1. The van der Waals surface area contributed by atoms with Crippen LogP contribution in [0.1, 0.15) is 35.3 Å². The number of benzene rings is 2. The molecule has 1 aliphatic heterocycles. The number of carbonyl (C=O) groups is 1. The number of amides is 1. The lowest BCUT2D eigenvalue weighted by molar-refractivity contribution is -0.0440. The first-order valence-corrected chi connectivity index (χ1v) is 11.7. The third-order valence-electron chi connectivity index (χ3n) is 5.20. The zero-order valence-corrected chi connectivity index (χ0v) is 19.2. The van der Waals surface area contributed by atoms with Gasteiger partial charge in [0.2, 0.25) is 10.0 Å². The molecule has 2 unspecified atom stereocenters. The highest BCUT2D eigenvalue weighted by Gasteiger charge is 2.34. The molecular weight excluding hydrogens is 424 g/mol. The van der Waals surface area contributed by atoms with Gasteiger partial charge in [-0.25, -0.2) is 8.42 Å². The number of sulfonamides is 1. The molecule has 30 heavy (non-hydrogen) atoms. The topological polar surface area (TPSA) is 66.9 Å². The molecule has 162 valence electrons. The minimum absolute atomic E-state index is 0.0550. The molecule has 8 heteroatoms. The Morgan fingerprint density at radius 3 is 2.43 bits per heavy atom. The van der Waals surface area contributed by atoms with Gasteiger partial charge in [0.1, 0.15) is 4.90 Å².